The number of rotatable bonds is 4. The molecule has 0 aromatic carbocycles. The summed E-state index contributed by atoms with van der Waals surface area (Å²) in [6.07, 6.45) is 11.2. The molecule has 4 aliphatic carbocycles. The Bertz CT molecular complexity index is 622. The number of piperazine rings is 1. The molecule has 2 saturated heterocycles. The number of amides is 3. The average molecular weight is 417 g/mol. The van der Waals surface area contributed by atoms with Crippen LogP contribution in [0.3, 0.4) is 0 Å². The van der Waals surface area contributed by atoms with Crippen molar-refractivity contribution in [2.45, 2.75) is 70.8 Å². The smallest absolute Gasteiger partial charge is 0.317 e. The van der Waals surface area contributed by atoms with E-state index in [9.17, 15) is 9.59 Å². The summed E-state index contributed by atoms with van der Waals surface area (Å²) in [5.74, 6) is 2.82. The van der Waals surface area contributed by atoms with Crippen LogP contribution in [0, 0.1) is 23.2 Å². The summed E-state index contributed by atoms with van der Waals surface area (Å²) in [5, 5.41) is 3.18. The van der Waals surface area contributed by atoms with Crippen LogP contribution in [0.2, 0.25) is 0 Å². The lowest BCUT2D eigenvalue weighted by Gasteiger charge is -2.57. The fourth-order valence-electron chi connectivity index (χ4n) is 7.85. The van der Waals surface area contributed by atoms with E-state index in [-0.39, 0.29) is 11.4 Å². The summed E-state index contributed by atoms with van der Waals surface area (Å²) in [6, 6.07) is 0.533. The zero-order valence-corrected chi connectivity index (χ0v) is 18.8. The summed E-state index contributed by atoms with van der Waals surface area (Å²) in [7, 11) is 0. The highest BCUT2D eigenvalue weighted by Crippen LogP contribution is 2.60. The van der Waals surface area contributed by atoms with Crippen molar-refractivity contribution in [3.63, 3.8) is 0 Å². The van der Waals surface area contributed by atoms with Gasteiger partial charge >= 0.3 is 6.03 Å². The van der Waals surface area contributed by atoms with Gasteiger partial charge in [-0.1, -0.05) is 13.3 Å². The molecule has 6 rings (SSSR count). The standard InChI is InChI=1S/C24H40N4O2/c1-2-26-6-4-3-5-21(26)17-25-23(30)28-9-7-27(8-10-28)22(29)24-14-18-11-19(15-24)13-20(12-18)16-24/h18-21H,2-17H2,1H3,(H,25,30). The second-order valence-corrected chi connectivity index (χ2v) is 10.9. The molecule has 2 heterocycles. The number of nitrogens with zero attached hydrogens (tertiary/aromatic N) is 3. The molecule has 1 unspecified atom stereocenters. The number of likely N-dealkylation sites (tertiary alicyclic amines) is 1. The van der Waals surface area contributed by atoms with Crippen molar-refractivity contribution in [1.29, 1.82) is 0 Å². The van der Waals surface area contributed by atoms with E-state index < -0.39 is 0 Å². The number of nitrogens with one attached hydrogen (secondary N) is 1. The van der Waals surface area contributed by atoms with E-state index in [2.05, 4.69) is 22.0 Å². The van der Waals surface area contributed by atoms with E-state index in [0.29, 0.717) is 38.1 Å². The zero-order chi connectivity index (χ0) is 20.7. The summed E-state index contributed by atoms with van der Waals surface area (Å²) in [5.41, 5.74) is -0.0518. The third kappa shape index (κ3) is 3.85. The van der Waals surface area contributed by atoms with Crippen molar-refractivity contribution in [2.24, 2.45) is 23.2 Å². The third-order valence-corrected chi connectivity index (χ3v) is 8.99. The van der Waals surface area contributed by atoms with Crippen LogP contribution in [0.5, 0.6) is 0 Å². The number of carbonyl (C=O) groups is 2. The SMILES string of the molecule is CCN1CCCCC1CNC(=O)N1CCN(C(=O)C23CC4CC(CC(C4)C2)C3)CC1. The first-order chi connectivity index (χ1) is 14.6. The van der Waals surface area contributed by atoms with Crippen LogP contribution < -0.4 is 5.32 Å². The Kier molecular flexibility index (Phi) is 5.72. The minimum Gasteiger partial charge on any atom is -0.339 e. The molecule has 6 fully saturated rings. The van der Waals surface area contributed by atoms with Gasteiger partial charge in [0, 0.05) is 38.8 Å². The second kappa shape index (κ2) is 8.33. The molecule has 0 aromatic heterocycles. The second-order valence-electron chi connectivity index (χ2n) is 10.9. The number of urea groups is 1. The Hall–Kier alpha value is -1.30. The van der Waals surface area contributed by atoms with Crippen molar-refractivity contribution in [2.75, 3.05) is 45.8 Å². The summed E-state index contributed by atoms with van der Waals surface area (Å²) >= 11 is 0. The molecular weight excluding hydrogens is 376 g/mol. The van der Waals surface area contributed by atoms with Crippen LogP contribution in [0.25, 0.3) is 0 Å². The highest BCUT2D eigenvalue weighted by atomic mass is 16.2. The number of carbonyl (C=O) groups excluding carboxylic acids is 2. The van der Waals surface area contributed by atoms with Gasteiger partial charge in [-0.15, -0.1) is 0 Å². The lowest BCUT2D eigenvalue weighted by molar-refractivity contribution is -0.159. The fourth-order valence-corrected chi connectivity index (χ4v) is 7.85. The van der Waals surface area contributed by atoms with Crippen molar-refractivity contribution >= 4 is 11.9 Å². The Balaban J connectivity index is 1.11. The number of likely N-dealkylation sites (N-methyl/N-ethyl adjacent to an activating group) is 1. The predicted molar refractivity (Wildman–Crippen MR) is 117 cm³/mol. The van der Waals surface area contributed by atoms with Crippen molar-refractivity contribution in [3.8, 4) is 0 Å². The van der Waals surface area contributed by atoms with E-state index in [1.807, 2.05) is 4.90 Å². The Morgan fingerprint density at radius 1 is 0.867 bits per heavy atom. The molecule has 30 heavy (non-hydrogen) atoms. The normalized spacial score (nSPS) is 38.7. The highest BCUT2D eigenvalue weighted by molar-refractivity contribution is 5.84. The van der Waals surface area contributed by atoms with E-state index in [4.69, 9.17) is 0 Å². The van der Waals surface area contributed by atoms with Crippen LogP contribution in [-0.4, -0.2) is 78.5 Å². The molecular formula is C24H40N4O2. The Morgan fingerprint density at radius 3 is 2.07 bits per heavy atom. The Morgan fingerprint density at radius 2 is 1.47 bits per heavy atom. The van der Waals surface area contributed by atoms with E-state index >= 15 is 0 Å². The van der Waals surface area contributed by atoms with Crippen LogP contribution in [-0.2, 0) is 4.79 Å². The molecule has 4 saturated carbocycles. The lowest BCUT2D eigenvalue weighted by Crippen LogP contribution is -2.59. The number of hydrogen-bond donors (Lipinski definition) is 1. The summed E-state index contributed by atoms with van der Waals surface area (Å²) in [6.45, 7) is 7.93. The molecule has 1 atom stereocenters. The maximum atomic E-state index is 13.5. The quantitative estimate of drug-likeness (QED) is 0.767. The molecule has 6 heteroatoms. The number of piperidine rings is 1. The van der Waals surface area contributed by atoms with Crippen LogP contribution in [0.15, 0.2) is 0 Å². The van der Waals surface area contributed by atoms with E-state index in [1.165, 1.54) is 38.5 Å². The van der Waals surface area contributed by atoms with Crippen LogP contribution in [0.4, 0.5) is 4.79 Å². The zero-order valence-electron chi connectivity index (χ0n) is 18.8. The minimum atomic E-state index is -0.0518. The molecule has 168 valence electrons. The van der Waals surface area contributed by atoms with Crippen LogP contribution in [0.1, 0.15) is 64.7 Å². The largest absolute Gasteiger partial charge is 0.339 e. The topological polar surface area (TPSA) is 55.9 Å². The van der Waals surface area contributed by atoms with Crippen LogP contribution >= 0.6 is 0 Å². The number of hydrogen-bond acceptors (Lipinski definition) is 3. The van der Waals surface area contributed by atoms with Gasteiger partial charge in [0.1, 0.15) is 0 Å². The van der Waals surface area contributed by atoms with E-state index in [0.717, 1.165) is 56.7 Å². The first-order valence-electron chi connectivity index (χ1n) is 12.6. The third-order valence-electron chi connectivity index (χ3n) is 8.99. The first kappa shape index (κ1) is 20.6. The van der Waals surface area contributed by atoms with Gasteiger partial charge in [0.15, 0.2) is 0 Å². The lowest BCUT2D eigenvalue weighted by atomic mass is 9.49. The summed E-state index contributed by atoms with van der Waals surface area (Å²) < 4.78 is 0. The van der Waals surface area contributed by atoms with E-state index in [1.54, 1.807) is 0 Å². The average Bonchev–Trinajstić information content (AvgIpc) is 2.76. The van der Waals surface area contributed by atoms with Gasteiger partial charge < -0.3 is 15.1 Å². The van der Waals surface area contributed by atoms with Gasteiger partial charge in [0.25, 0.3) is 0 Å². The molecule has 1 N–H and O–H groups in total. The Labute approximate surface area is 181 Å². The van der Waals surface area contributed by atoms with Gasteiger partial charge in [0.2, 0.25) is 5.91 Å². The summed E-state index contributed by atoms with van der Waals surface area (Å²) in [4.78, 5) is 32.8. The maximum Gasteiger partial charge on any atom is 0.317 e. The molecule has 4 bridgehead atoms. The van der Waals surface area contributed by atoms with Gasteiger partial charge in [0.05, 0.1) is 5.41 Å². The molecule has 0 spiro atoms. The molecule has 3 amide bonds. The fraction of sp³-hybridized carbons (Fsp3) is 0.917. The maximum absolute atomic E-state index is 13.5. The molecule has 0 aromatic rings. The minimum absolute atomic E-state index is 0.0518. The van der Waals surface area contributed by atoms with Gasteiger partial charge in [-0.2, -0.15) is 0 Å². The van der Waals surface area contributed by atoms with Crippen molar-refractivity contribution in [1.82, 2.24) is 20.0 Å². The molecule has 2 aliphatic heterocycles. The first-order valence-corrected chi connectivity index (χ1v) is 12.6. The van der Waals surface area contributed by atoms with Gasteiger partial charge in [-0.05, 0) is 82.2 Å². The predicted octanol–water partition coefficient (Wildman–Crippen LogP) is 2.93. The molecule has 6 aliphatic rings. The van der Waals surface area contributed by atoms with Gasteiger partial charge in [-0.25, -0.2) is 4.79 Å². The highest BCUT2D eigenvalue weighted by Gasteiger charge is 2.55. The van der Waals surface area contributed by atoms with Gasteiger partial charge in [-0.3, -0.25) is 9.69 Å². The van der Waals surface area contributed by atoms with Crippen molar-refractivity contribution in [3.05, 3.63) is 0 Å². The monoisotopic (exact) mass is 416 g/mol. The molecule has 6 nitrogen and oxygen atoms in total. The van der Waals surface area contributed by atoms with Crippen molar-refractivity contribution < 1.29 is 9.59 Å². The molecule has 0 radical (unpaired) electrons.